The third-order valence-corrected chi connectivity index (χ3v) is 3.40. The SMILES string of the molecule is Cc1ccc(CC(=O)N2CC(C)OCC2C)cc1. The van der Waals surface area contributed by atoms with Crippen molar-refractivity contribution in [1.82, 2.24) is 4.90 Å². The first-order valence-electron chi connectivity index (χ1n) is 6.53. The minimum atomic E-state index is 0.142. The Labute approximate surface area is 109 Å². The van der Waals surface area contributed by atoms with Gasteiger partial charge >= 0.3 is 0 Å². The third-order valence-electron chi connectivity index (χ3n) is 3.40. The van der Waals surface area contributed by atoms with Crippen molar-refractivity contribution < 1.29 is 9.53 Å². The summed E-state index contributed by atoms with van der Waals surface area (Å²) in [5.41, 5.74) is 2.30. The molecular weight excluding hydrogens is 226 g/mol. The number of morpholine rings is 1. The first-order valence-corrected chi connectivity index (χ1v) is 6.53. The molecule has 3 nitrogen and oxygen atoms in total. The molecule has 1 aliphatic rings. The van der Waals surface area contributed by atoms with Crippen molar-refractivity contribution in [3.8, 4) is 0 Å². The van der Waals surface area contributed by atoms with E-state index in [-0.39, 0.29) is 18.1 Å². The van der Waals surface area contributed by atoms with E-state index < -0.39 is 0 Å². The highest BCUT2D eigenvalue weighted by Crippen LogP contribution is 2.14. The molecule has 18 heavy (non-hydrogen) atoms. The van der Waals surface area contributed by atoms with Crippen LogP contribution in [0.2, 0.25) is 0 Å². The second-order valence-electron chi connectivity index (χ2n) is 5.20. The maximum atomic E-state index is 12.3. The van der Waals surface area contributed by atoms with Gasteiger partial charge < -0.3 is 9.64 Å². The van der Waals surface area contributed by atoms with Crippen LogP contribution in [-0.2, 0) is 16.0 Å². The van der Waals surface area contributed by atoms with E-state index in [2.05, 4.69) is 6.92 Å². The molecule has 0 aromatic heterocycles. The highest BCUT2D eigenvalue weighted by atomic mass is 16.5. The zero-order valence-electron chi connectivity index (χ0n) is 11.3. The summed E-state index contributed by atoms with van der Waals surface area (Å²) in [6.07, 6.45) is 0.625. The summed E-state index contributed by atoms with van der Waals surface area (Å²) >= 11 is 0. The minimum absolute atomic E-state index is 0.142. The van der Waals surface area contributed by atoms with Gasteiger partial charge in [-0.05, 0) is 26.3 Å². The predicted octanol–water partition coefficient (Wildman–Crippen LogP) is 2.17. The lowest BCUT2D eigenvalue weighted by atomic mass is 10.1. The number of benzene rings is 1. The summed E-state index contributed by atoms with van der Waals surface area (Å²) in [5, 5.41) is 0. The van der Waals surface area contributed by atoms with Crippen molar-refractivity contribution >= 4 is 5.91 Å². The predicted molar refractivity (Wildman–Crippen MR) is 71.5 cm³/mol. The molecule has 3 heteroatoms. The Hall–Kier alpha value is -1.35. The Balaban J connectivity index is 2.00. The van der Waals surface area contributed by atoms with Crippen LogP contribution in [0, 0.1) is 6.92 Å². The van der Waals surface area contributed by atoms with Gasteiger partial charge in [-0.1, -0.05) is 29.8 Å². The van der Waals surface area contributed by atoms with Crippen molar-refractivity contribution in [3.05, 3.63) is 35.4 Å². The van der Waals surface area contributed by atoms with E-state index in [1.165, 1.54) is 5.56 Å². The van der Waals surface area contributed by atoms with Crippen molar-refractivity contribution in [2.24, 2.45) is 0 Å². The Morgan fingerprint density at radius 1 is 1.33 bits per heavy atom. The number of ether oxygens (including phenoxy) is 1. The molecule has 0 saturated carbocycles. The summed E-state index contributed by atoms with van der Waals surface area (Å²) < 4.78 is 5.54. The van der Waals surface area contributed by atoms with E-state index in [4.69, 9.17) is 4.74 Å². The molecule has 0 bridgehead atoms. The lowest BCUT2D eigenvalue weighted by Gasteiger charge is -2.36. The first-order chi connectivity index (χ1) is 8.56. The minimum Gasteiger partial charge on any atom is -0.375 e. The Bertz CT molecular complexity index is 413. The largest absolute Gasteiger partial charge is 0.375 e. The average Bonchev–Trinajstić information content (AvgIpc) is 2.35. The number of rotatable bonds is 2. The molecule has 1 heterocycles. The van der Waals surface area contributed by atoms with Crippen molar-refractivity contribution in [2.45, 2.75) is 39.3 Å². The fraction of sp³-hybridized carbons (Fsp3) is 0.533. The van der Waals surface area contributed by atoms with Crippen LogP contribution in [0.5, 0.6) is 0 Å². The zero-order chi connectivity index (χ0) is 13.1. The molecule has 2 rings (SSSR count). The van der Waals surface area contributed by atoms with Crippen molar-refractivity contribution in [3.63, 3.8) is 0 Å². The van der Waals surface area contributed by atoms with Gasteiger partial charge in [-0.3, -0.25) is 4.79 Å². The van der Waals surface area contributed by atoms with Gasteiger partial charge in [-0.2, -0.15) is 0 Å². The number of hydrogen-bond donors (Lipinski definition) is 0. The van der Waals surface area contributed by atoms with Crippen LogP contribution in [-0.4, -0.2) is 36.1 Å². The van der Waals surface area contributed by atoms with Gasteiger partial charge in [-0.25, -0.2) is 0 Å². The number of aryl methyl sites for hydroxylation is 1. The Morgan fingerprint density at radius 2 is 2.00 bits per heavy atom. The summed E-state index contributed by atoms with van der Waals surface area (Å²) in [5.74, 6) is 0.196. The van der Waals surface area contributed by atoms with Gasteiger partial charge in [0.05, 0.1) is 25.2 Å². The molecule has 1 aromatic carbocycles. The Morgan fingerprint density at radius 3 is 2.67 bits per heavy atom. The van der Waals surface area contributed by atoms with Gasteiger partial charge in [0.25, 0.3) is 0 Å². The van der Waals surface area contributed by atoms with Crippen LogP contribution in [0.1, 0.15) is 25.0 Å². The molecule has 2 unspecified atom stereocenters. The van der Waals surface area contributed by atoms with Crippen LogP contribution >= 0.6 is 0 Å². The zero-order valence-corrected chi connectivity index (χ0v) is 11.3. The summed E-state index contributed by atoms with van der Waals surface area (Å²) in [7, 11) is 0. The first kappa shape index (κ1) is 13.1. The molecule has 98 valence electrons. The molecule has 0 aliphatic carbocycles. The number of carbonyl (C=O) groups excluding carboxylic acids is 1. The summed E-state index contributed by atoms with van der Waals surface area (Å²) in [6, 6.07) is 8.34. The molecule has 1 aliphatic heterocycles. The summed E-state index contributed by atoms with van der Waals surface area (Å²) in [4.78, 5) is 14.2. The standard InChI is InChI=1S/C15H21NO2/c1-11-4-6-14(7-5-11)8-15(17)16-9-13(3)18-10-12(16)2/h4-7,12-13H,8-10H2,1-3H3. The lowest BCUT2D eigenvalue weighted by molar-refractivity contribution is -0.142. The number of amides is 1. The van der Waals surface area contributed by atoms with Crippen LogP contribution in [0.25, 0.3) is 0 Å². The van der Waals surface area contributed by atoms with Crippen LogP contribution < -0.4 is 0 Å². The molecule has 0 spiro atoms. The molecule has 1 fully saturated rings. The molecule has 1 aromatic rings. The van der Waals surface area contributed by atoms with E-state index >= 15 is 0 Å². The van der Waals surface area contributed by atoms with Gasteiger partial charge in [0.2, 0.25) is 5.91 Å². The van der Waals surface area contributed by atoms with E-state index in [0.29, 0.717) is 19.6 Å². The fourth-order valence-electron chi connectivity index (χ4n) is 2.23. The molecule has 1 saturated heterocycles. The summed E-state index contributed by atoms with van der Waals surface area (Å²) in [6.45, 7) is 7.45. The molecule has 2 atom stereocenters. The van der Waals surface area contributed by atoms with E-state index in [1.807, 2.05) is 43.0 Å². The van der Waals surface area contributed by atoms with E-state index in [1.54, 1.807) is 0 Å². The average molecular weight is 247 g/mol. The lowest BCUT2D eigenvalue weighted by Crippen LogP contribution is -2.50. The molecule has 1 amide bonds. The van der Waals surface area contributed by atoms with Crippen LogP contribution in [0.3, 0.4) is 0 Å². The molecule has 0 radical (unpaired) electrons. The van der Waals surface area contributed by atoms with Crippen molar-refractivity contribution in [1.29, 1.82) is 0 Å². The Kier molecular flexibility index (Phi) is 4.02. The van der Waals surface area contributed by atoms with Gasteiger partial charge in [0.1, 0.15) is 0 Å². The second kappa shape index (κ2) is 5.53. The highest BCUT2D eigenvalue weighted by molar-refractivity contribution is 5.79. The van der Waals surface area contributed by atoms with Crippen molar-refractivity contribution in [2.75, 3.05) is 13.2 Å². The highest BCUT2D eigenvalue weighted by Gasteiger charge is 2.27. The van der Waals surface area contributed by atoms with Gasteiger partial charge in [0.15, 0.2) is 0 Å². The quantitative estimate of drug-likeness (QED) is 0.801. The second-order valence-corrected chi connectivity index (χ2v) is 5.20. The van der Waals surface area contributed by atoms with Crippen LogP contribution in [0.15, 0.2) is 24.3 Å². The van der Waals surface area contributed by atoms with E-state index in [9.17, 15) is 4.79 Å². The topological polar surface area (TPSA) is 29.5 Å². The number of nitrogens with zero attached hydrogens (tertiary/aromatic N) is 1. The fourth-order valence-corrected chi connectivity index (χ4v) is 2.23. The maximum Gasteiger partial charge on any atom is 0.227 e. The smallest absolute Gasteiger partial charge is 0.227 e. The van der Waals surface area contributed by atoms with Gasteiger partial charge in [-0.15, -0.1) is 0 Å². The number of carbonyl (C=O) groups is 1. The van der Waals surface area contributed by atoms with Crippen LogP contribution in [0.4, 0.5) is 0 Å². The normalized spacial score (nSPS) is 24.1. The van der Waals surface area contributed by atoms with E-state index in [0.717, 1.165) is 5.56 Å². The monoisotopic (exact) mass is 247 g/mol. The third kappa shape index (κ3) is 3.10. The number of hydrogen-bond acceptors (Lipinski definition) is 2. The molecular formula is C15H21NO2. The van der Waals surface area contributed by atoms with Gasteiger partial charge in [0, 0.05) is 6.54 Å². The molecule has 0 N–H and O–H groups in total. The maximum absolute atomic E-state index is 12.3.